The minimum Gasteiger partial charge on any atom is -0.330 e. The lowest BCUT2D eigenvalue weighted by Gasteiger charge is -1.98. The summed E-state index contributed by atoms with van der Waals surface area (Å²) < 4.78 is 0. The number of rotatable bonds is 3. The Hall–Kier alpha value is -0.130. The monoisotopic (exact) mass is 129 g/mol. The van der Waals surface area contributed by atoms with Gasteiger partial charge in [0.25, 0.3) is 0 Å². The molecule has 0 saturated heterocycles. The van der Waals surface area contributed by atoms with E-state index in [2.05, 4.69) is 5.92 Å². The Balaban J connectivity index is 3.02. The summed E-state index contributed by atoms with van der Waals surface area (Å²) in [6.07, 6.45) is 5.10. The first-order chi connectivity index (χ1) is 3.81. The molecule has 46 valence electrons. The summed E-state index contributed by atoms with van der Waals surface area (Å²) in [7, 11) is 0. The van der Waals surface area contributed by atoms with Gasteiger partial charge in [-0.25, -0.2) is 0 Å². The van der Waals surface area contributed by atoms with E-state index in [1.165, 1.54) is 0 Å². The zero-order chi connectivity index (χ0) is 6.41. The van der Waals surface area contributed by atoms with Crippen molar-refractivity contribution in [1.82, 2.24) is 0 Å². The highest BCUT2D eigenvalue weighted by molar-refractivity contribution is 8.00. The van der Waals surface area contributed by atoms with E-state index in [0.29, 0.717) is 5.25 Å². The molecular formula is C6H11NS. The SMILES string of the molecule is C#CC(C)SCCN. The summed E-state index contributed by atoms with van der Waals surface area (Å²) in [5.74, 6) is 3.57. The van der Waals surface area contributed by atoms with Gasteiger partial charge in [-0.2, -0.15) is 0 Å². The molecule has 0 saturated carbocycles. The van der Waals surface area contributed by atoms with Gasteiger partial charge in [0.05, 0.1) is 5.25 Å². The van der Waals surface area contributed by atoms with Crippen molar-refractivity contribution in [2.75, 3.05) is 12.3 Å². The molecule has 2 N–H and O–H groups in total. The Bertz CT molecular complexity index is 85.0. The van der Waals surface area contributed by atoms with Crippen LogP contribution < -0.4 is 5.73 Å². The molecule has 0 aromatic rings. The second-order valence-corrected chi connectivity index (χ2v) is 2.92. The Morgan fingerprint density at radius 3 is 2.88 bits per heavy atom. The van der Waals surface area contributed by atoms with Crippen LogP contribution in [-0.2, 0) is 0 Å². The molecule has 1 atom stereocenters. The van der Waals surface area contributed by atoms with Gasteiger partial charge in [-0.05, 0) is 6.92 Å². The van der Waals surface area contributed by atoms with E-state index >= 15 is 0 Å². The topological polar surface area (TPSA) is 26.0 Å². The fraction of sp³-hybridized carbons (Fsp3) is 0.667. The van der Waals surface area contributed by atoms with Crippen LogP contribution >= 0.6 is 11.8 Å². The van der Waals surface area contributed by atoms with Gasteiger partial charge < -0.3 is 5.73 Å². The number of thioether (sulfide) groups is 1. The predicted molar refractivity (Wildman–Crippen MR) is 39.8 cm³/mol. The predicted octanol–water partition coefficient (Wildman–Crippen LogP) is 0.700. The van der Waals surface area contributed by atoms with Crippen molar-refractivity contribution in [3.63, 3.8) is 0 Å². The van der Waals surface area contributed by atoms with Crippen LogP contribution in [0.2, 0.25) is 0 Å². The second-order valence-electron chi connectivity index (χ2n) is 1.47. The molecule has 8 heavy (non-hydrogen) atoms. The summed E-state index contributed by atoms with van der Waals surface area (Å²) in [6, 6.07) is 0. The Labute approximate surface area is 55.0 Å². The van der Waals surface area contributed by atoms with Crippen LogP contribution in [0.4, 0.5) is 0 Å². The molecule has 0 radical (unpaired) electrons. The average Bonchev–Trinajstić information content (AvgIpc) is 1.83. The van der Waals surface area contributed by atoms with Gasteiger partial charge in [-0.3, -0.25) is 0 Å². The first kappa shape index (κ1) is 7.87. The first-order valence-corrected chi connectivity index (χ1v) is 3.64. The van der Waals surface area contributed by atoms with Crippen molar-refractivity contribution in [2.45, 2.75) is 12.2 Å². The Kier molecular flexibility index (Phi) is 4.93. The van der Waals surface area contributed by atoms with E-state index < -0.39 is 0 Å². The summed E-state index contributed by atoms with van der Waals surface area (Å²) in [4.78, 5) is 0. The van der Waals surface area contributed by atoms with Crippen LogP contribution in [0.25, 0.3) is 0 Å². The maximum Gasteiger partial charge on any atom is 0.0626 e. The number of hydrogen-bond donors (Lipinski definition) is 1. The van der Waals surface area contributed by atoms with Crippen molar-refractivity contribution in [3.05, 3.63) is 0 Å². The standard InChI is InChI=1S/C6H11NS/c1-3-6(2)8-5-4-7/h1,6H,4-5,7H2,2H3. The van der Waals surface area contributed by atoms with Crippen molar-refractivity contribution in [3.8, 4) is 12.3 Å². The first-order valence-electron chi connectivity index (χ1n) is 2.59. The van der Waals surface area contributed by atoms with Crippen molar-refractivity contribution < 1.29 is 0 Å². The van der Waals surface area contributed by atoms with Crippen LogP contribution in [0.15, 0.2) is 0 Å². The van der Waals surface area contributed by atoms with Crippen LogP contribution in [0.3, 0.4) is 0 Å². The zero-order valence-electron chi connectivity index (χ0n) is 5.05. The molecule has 0 rings (SSSR count). The highest BCUT2D eigenvalue weighted by Gasteiger charge is 1.92. The van der Waals surface area contributed by atoms with Gasteiger partial charge in [0.2, 0.25) is 0 Å². The Morgan fingerprint density at radius 2 is 2.50 bits per heavy atom. The van der Waals surface area contributed by atoms with E-state index in [9.17, 15) is 0 Å². The summed E-state index contributed by atoms with van der Waals surface area (Å²) in [5.41, 5.74) is 5.24. The molecule has 0 amide bonds. The van der Waals surface area contributed by atoms with E-state index in [0.717, 1.165) is 12.3 Å². The molecule has 1 unspecified atom stereocenters. The lowest BCUT2D eigenvalue weighted by Crippen LogP contribution is -2.04. The quantitative estimate of drug-likeness (QED) is 0.568. The average molecular weight is 129 g/mol. The maximum atomic E-state index is 5.24. The molecular weight excluding hydrogens is 118 g/mol. The molecule has 1 nitrogen and oxygen atoms in total. The minimum atomic E-state index is 0.318. The van der Waals surface area contributed by atoms with E-state index in [-0.39, 0.29) is 0 Å². The lowest BCUT2D eigenvalue weighted by atomic mass is 10.5. The smallest absolute Gasteiger partial charge is 0.0626 e. The van der Waals surface area contributed by atoms with Crippen molar-refractivity contribution in [1.29, 1.82) is 0 Å². The maximum absolute atomic E-state index is 5.24. The fourth-order valence-corrected chi connectivity index (χ4v) is 0.879. The normalized spacial score (nSPS) is 12.6. The molecule has 2 heteroatoms. The second kappa shape index (κ2) is 5.02. The van der Waals surface area contributed by atoms with Gasteiger partial charge in [0.15, 0.2) is 0 Å². The number of nitrogens with two attached hydrogens (primary N) is 1. The molecule has 0 aromatic heterocycles. The lowest BCUT2D eigenvalue weighted by molar-refractivity contribution is 1.14. The van der Waals surface area contributed by atoms with E-state index in [1.807, 2.05) is 6.92 Å². The molecule has 0 bridgehead atoms. The zero-order valence-corrected chi connectivity index (χ0v) is 5.87. The Morgan fingerprint density at radius 1 is 1.88 bits per heavy atom. The third kappa shape index (κ3) is 4.04. The third-order valence-corrected chi connectivity index (χ3v) is 1.83. The van der Waals surface area contributed by atoms with Crippen molar-refractivity contribution >= 4 is 11.8 Å². The minimum absolute atomic E-state index is 0.318. The summed E-state index contributed by atoms with van der Waals surface area (Å²) in [6.45, 7) is 2.72. The summed E-state index contributed by atoms with van der Waals surface area (Å²) >= 11 is 1.72. The molecule has 0 aromatic carbocycles. The van der Waals surface area contributed by atoms with Gasteiger partial charge in [0.1, 0.15) is 0 Å². The highest BCUT2D eigenvalue weighted by atomic mass is 32.2. The van der Waals surface area contributed by atoms with E-state index in [1.54, 1.807) is 11.8 Å². The summed E-state index contributed by atoms with van der Waals surface area (Å²) in [5, 5.41) is 0.318. The molecule has 0 aliphatic carbocycles. The van der Waals surface area contributed by atoms with Gasteiger partial charge in [-0.15, -0.1) is 18.2 Å². The molecule has 0 fully saturated rings. The molecule has 0 spiro atoms. The van der Waals surface area contributed by atoms with Crippen LogP contribution in [0, 0.1) is 12.3 Å². The highest BCUT2D eigenvalue weighted by Crippen LogP contribution is 2.06. The van der Waals surface area contributed by atoms with Gasteiger partial charge >= 0.3 is 0 Å². The number of terminal acetylenes is 1. The molecule has 0 aliphatic rings. The van der Waals surface area contributed by atoms with Gasteiger partial charge in [-0.1, -0.05) is 5.92 Å². The van der Waals surface area contributed by atoms with Gasteiger partial charge in [0, 0.05) is 12.3 Å². The molecule has 0 aliphatic heterocycles. The van der Waals surface area contributed by atoms with Crippen LogP contribution in [-0.4, -0.2) is 17.5 Å². The van der Waals surface area contributed by atoms with Crippen molar-refractivity contribution in [2.24, 2.45) is 5.73 Å². The van der Waals surface area contributed by atoms with Crippen LogP contribution in [0.5, 0.6) is 0 Å². The van der Waals surface area contributed by atoms with E-state index in [4.69, 9.17) is 12.2 Å². The molecule has 0 heterocycles. The fourth-order valence-electron chi connectivity index (χ4n) is 0.293. The largest absolute Gasteiger partial charge is 0.330 e. The number of hydrogen-bond acceptors (Lipinski definition) is 2. The van der Waals surface area contributed by atoms with Crippen LogP contribution in [0.1, 0.15) is 6.92 Å². The third-order valence-electron chi connectivity index (χ3n) is 0.720.